The number of rotatable bonds is 3. The third-order valence-electron chi connectivity index (χ3n) is 3.70. The second-order valence-corrected chi connectivity index (χ2v) is 4.61. The van der Waals surface area contributed by atoms with E-state index < -0.39 is 5.97 Å². The lowest BCUT2D eigenvalue weighted by Gasteiger charge is -2.25. The fourth-order valence-corrected chi connectivity index (χ4v) is 3.01. The lowest BCUT2D eigenvalue weighted by atomic mass is 9.79. The van der Waals surface area contributed by atoms with Crippen molar-refractivity contribution in [3.63, 3.8) is 0 Å². The van der Waals surface area contributed by atoms with Gasteiger partial charge in [0.1, 0.15) is 5.71 Å². The third kappa shape index (κ3) is 1.47. The van der Waals surface area contributed by atoms with Crippen LogP contribution in [0, 0.1) is 16.7 Å². The molecule has 2 fully saturated rings. The van der Waals surface area contributed by atoms with E-state index in [1.165, 1.54) is 19.3 Å². The number of carbonyl (C=O) groups is 1. The second kappa shape index (κ2) is 2.82. The van der Waals surface area contributed by atoms with Crippen LogP contribution >= 0.6 is 0 Å². The molecule has 2 bridgehead atoms. The molecule has 2 rings (SSSR count). The SMILES string of the molecule is N=C(CC12CCC(CC1)C2)C(=O)O. The first-order chi connectivity index (χ1) is 6.11. The molecule has 0 amide bonds. The van der Waals surface area contributed by atoms with Gasteiger partial charge in [-0.25, -0.2) is 4.79 Å². The molecule has 0 saturated heterocycles. The molecule has 2 aliphatic carbocycles. The van der Waals surface area contributed by atoms with Crippen LogP contribution in [0.15, 0.2) is 0 Å². The summed E-state index contributed by atoms with van der Waals surface area (Å²) in [6.45, 7) is 0. The first-order valence-electron chi connectivity index (χ1n) is 4.92. The fourth-order valence-electron chi connectivity index (χ4n) is 3.01. The molecule has 0 radical (unpaired) electrons. The number of hydrogen-bond acceptors (Lipinski definition) is 2. The standard InChI is InChI=1S/C10H15NO2/c11-8(9(12)13)6-10-3-1-7(5-10)2-4-10/h7,11H,1-6H2,(H,12,13). The van der Waals surface area contributed by atoms with E-state index in [0.29, 0.717) is 6.42 Å². The van der Waals surface area contributed by atoms with E-state index in [4.69, 9.17) is 10.5 Å². The van der Waals surface area contributed by atoms with Crippen molar-refractivity contribution in [1.29, 1.82) is 5.41 Å². The highest BCUT2D eigenvalue weighted by atomic mass is 16.4. The number of fused-ring (bicyclic) bond motifs is 2. The van der Waals surface area contributed by atoms with Gasteiger partial charge in [0.25, 0.3) is 0 Å². The van der Waals surface area contributed by atoms with E-state index in [0.717, 1.165) is 18.8 Å². The summed E-state index contributed by atoms with van der Waals surface area (Å²) in [6, 6.07) is 0. The summed E-state index contributed by atoms with van der Waals surface area (Å²) < 4.78 is 0. The van der Waals surface area contributed by atoms with Crippen molar-refractivity contribution in [3.05, 3.63) is 0 Å². The first-order valence-corrected chi connectivity index (χ1v) is 4.92. The quantitative estimate of drug-likeness (QED) is 0.654. The van der Waals surface area contributed by atoms with Crippen LogP contribution in [-0.2, 0) is 4.79 Å². The molecule has 2 aliphatic rings. The van der Waals surface area contributed by atoms with Crippen molar-refractivity contribution in [3.8, 4) is 0 Å². The van der Waals surface area contributed by atoms with Crippen molar-refractivity contribution in [2.24, 2.45) is 11.3 Å². The molecule has 3 heteroatoms. The molecule has 0 aromatic heterocycles. The van der Waals surface area contributed by atoms with Crippen LogP contribution in [0.25, 0.3) is 0 Å². The molecule has 0 unspecified atom stereocenters. The summed E-state index contributed by atoms with van der Waals surface area (Å²) in [5, 5.41) is 16.0. The lowest BCUT2D eigenvalue weighted by Crippen LogP contribution is -2.23. The average molecular weight is 181 g/mol. The molecule has 0 aromatic carbocycles. The first kappa shape index (κ1) is 8.73. The fraction of sp³-hybridized carbons (Fsp3) is 0.800. The molecule has 72 valence electrons. The van der Waals surface area contributed by atoms with Crippen molar-refractivity contribution < 1.29 is 9.90 Å². The Morgan fingerprint density at radius 1 is 1.46 bits per heavy atom. The normalized spacial score (nSPS) is 36.5. The van der Waals surface area contributed by atoms with Crippen LogP contribution in [0.3, 0.4) is 0 Å². The highest BCUT2D eigenvalue weighted by Crippen LogP contribution is 2.56. The van der Waals surface area contributed by atoms with Gasteiger partial charge in [0.15, 0.2) is 0 Å². The van der Waals surface area contributed by atoms with Gasteiger partial charge in [-0.3, -0.25) is 5.41 Å². The zero-order chi connectivity index (χ0) is 9.47. The molecule has 0 aromatic rings. The molecule has 0 aliphatic heterocycles. The zero-order valence-corrected chi connectivity index (χ0v) is 7.68. The van der Waals surface area contributed by atoms with Crippen LogP contribution in [0.1, 0.15) is 38.5 Å². The Labute approximate surface area is 77.7 Å². The molecule has 0 atom stereocenters. The van der Waals surface area contributed by atoms with E-state index in [-0.39, 0.29) is 11.1 Å². The van der Waals surface area contributed by atoms with Crippen LogP contribution in [0.4, 0.5) is 0 Å². The smallest absolute Gasteiger partial charge is 0.349 e. The van der Waals surface area contributed by atoms with Gasteiger partial charge in [-0.05, 0) is 43.4 Å². The van der Waals surface area contributed by atoms with Crippen molar-refractivity contribution in [1.82, 2.24) is 0 Å². The van der Waals surface area contributed by atoms with Gasteiger partial charge in [0, 0.05) is 6.42 Å². The minimum Gasteiger partial charge on any atom is -0.477 e. The molecule has 2 saturated carbocycles. The Balaban J connectivity index is 2.01. The van der Waals surface area contributed by atoms with Crippen molar-refractivity contribution in [2.75, 3.05) is 0 Å². The van der Waals surface area contributed by atoms with Crippen LogP contribution in [0.5, 0.6) is 0 Å². The van der Waals surface area contributed by atoms with Gasteiger partial charge in [0.05, 0.1) is 0 Å². The zero-order valence-electron chi connectivity index (χ0n) is 7.68. The summed E-state index contributed by atoms with van der Waals surface area (Å²) >= 11 is 0. The Hall–Kier alpha value is -0.860. The molecule has 13 heavy (non-hydrogen) atoms. The van der Waals surface area contributed by atoms with Gasteiger partial charge in [0.2, 0.25) is 0 Å². The molecule has 2 N–H and O–H groups in total. The number of aliphatic carboxylic acids is 1. The van der Waals surface area contributed by atoms with Gasteiger partial charge in [-0.1, -0.05) is 0 Å². The third-order valence-corrected chi connectivity index (χ3v) is 3.70. The Morgan fingerprint density at radius 3 is 2.46 bits per heavy atom. The highest BCUT2D eigenvalue weighted by molar-refractivity contribution is 6.34. The van der Waals surface area contributed by atoms with E-state index >= 15 is 0 Å². The summed E-state index contributed by atoms with van der Waals surface area (Å²) in [5.41, 5.74) is 0.114. The highest BCUT2D eigenvalue weighted by Gasteiger charge is 2.45. The van der Waals surface area contributed by atoms with Gasteiger partial charge in [-0.2, -0.15) is 0 Å². The van der Waals surface area contributed by atoms with Crippen LogP contribution in [0.2, 0.25) is 0 Å². The Kier molecular flexibility index (Phi) is 1.90. The minimum absolute atomic E-state index is 0.0949. The van der Waals surface area contributed by atoms with Crippen LogP contribution in [-0.4, -0.2) is 16.8 Å². The predicted octanol–water partition coefficient (Wildman–Crippen LogP) is 2.06. The number of nitrogens with one attached hydrogen (secondary N) is 1. The topological polar surface area (TPSA) is 61.2 Å². The monoisotopic (exact) mass is 181 g/mol. The largest absolute Gasteiger partial charge is 0.477 e. The summed E-state index contributed by atoms with van der Waals surface area (Å²) in [7, 11) is 0. The minimum atomic E-state index is -1.04. The Bertz CT molecular complexity index is 252. The van der Waals surface area contributed by atoms with Crippen LogP contribution < -0.4 is 0 Å². The molecule has 0 spiro atoms. The summed E-state index contributed by atoms with van der Waals surface area (Å²) in [6.07, 6.45) is 6.47. The lowest BCUT2D eigenvalue weighted by molar-refractivity contribution is -0.129. The number of carboxylic acids is 1. The Morgan fingerprint density at radius 2 is 2.08 bits per heavy atom. The second-order valence-electron chi connectivity index (χ2n) is 4.61. The summed E-state index contributed by atoms with van der Waals surface area (Å²) in [4.78, 5) is 10.5. The van der Waals surface area contributed by atoms with Crippen molar-refractivity contribution in [2.45, 2.75) is 38.5 Å². The maximum atomic E-state index is 10.5. The van der Waals surface area contributed by atoms with Gasteiger partial charge < -0.3 is 5.11 Å². The van der Waals surface area contributed by atoms with Gasteiger partial charge >= 0.3 is 5.97 Å². The van der Waals surface area contributed by atoms with Gasteiger partial charge in [-0.15, -0.1) is 0 Å². The molecular weight excluding hydrogens is 166 g/mol. The van der Waals surface area contributed by atoms with E-state index in [1.54, 1.807) is 0 Å². The maximum absolute atomic E-state index is 10.5. The predicted molar refractivity (Wildman–Crippen MR) is 49.0 cm³/mol. The molecule has 3 nitrogen and oxygen atoms in total. The van der Waals surface area contributed by atoms with E-state index in [9.17, 15) is 4.79 Å². The number of carboxylic acid groups (broad SMARTS) is 1. The average Bonchev–Trinajstić information content (AvgIpc) is 2.62. The molecular formula is C10H15NO2. The molecule has 0 heterocycles. The number of hydrogen-bond donors (Lipinski definition) is 2. The maximum Gasteiger partial charge on any atom is 0.349 e. The summed E-state index contributed by atoms with van der Waals surface area (Å²) in [5.74, 6) is -0.202. The van der Waals surface area contributed by atoms with E-state index in [2.05, 4.69) is 0 Å². The van der Waals surface area contributed by atoms with Crippen molar-refractivity contribution >= 4 is 11.7 Å². The van der Waals surface area contributed by atoms with E-state index in [1.807, 2.05) is 0 Å².